The fourth-order valence-electron chi connectivity index (χ4n) is 3.27. The van der Waals surface area contributed by atoms with Crippen LogP contribution in [0.3, 0.4) is 0 Å². The minimum Gasteiger partial charge on any atom is -0.382 e. The van der Waals surface area contributed by atoms with Gasteiger partial charge in [0.15, 0.2) is 11.5 Å². The third-order valence-corrected chi connectivity index (χ3v) is 5.63. The number of halogens is 1. The van der Waals surface area contributed by atoms with Crippen molar-refractivity contribution in [1.29, 1.82) is 5.26 Å². The van der Waals surface area contributed by atoms with Crippen molar-refractivity contribution in [3.8, 4) is 11.9 Å². The monoisotopic (exact) mass is 491 g/mol. The highest BCUT2D eigenvalue weighted by molar-refractivity contribution is 7.46. The molecule has 182 valence electrons. The summed E-state index contributed by atoms with van der Waals surface area (Å²) < 4.78 is 31.8. The molecular weight excluding hydrogens is 464 g/mol. The van der Waals surface area contributed by atoms with E-state index in [-0.39, 0.29) is 19.1 Å². The van der Waals surface area contributed by atoms with E-state index < -0.39 is 19.6 Å². The molecule has 0 aliphatic rings. The van der Waals surface area contributed by atoms with Crippen molar-refractivity contribution in [3.05, 3.63) is 41.9 Å². The summed E-state index contributed by atoms with van der Waals surface area (Å²) in [6, 6.07) is 5.65. The van der Waals surface area contributed by atoms with Crippen molar-refractivity contribution in [3.63, 3.8) is 0 Å². The highest BCUT2D eigenvalue weighted by Gasteiger charge is 2.36. The van der Waals surface area contributed by atoms with Crippen LogP contribution in [0.5, 0.6) is 0 Å². The van der Waals surface area contributed by atoms with Crippen LogP contribution >= 0.6 is 7.82 Å². The molecule has 34 heavy (non-hydrogen) atoms. The lowest BCUT2D eigenvalue weighted by molar-refractivity contribution is -0.00293. The van der Waals surface area contributed by atoms with Crippen molar-refractivity contribution in [1.82, 2.24) is 25.1 Å². The number of nitrogens with one attached hydrogen (secondary N) is 2. The molecule has 3 rings (SSSR count). The quantitative estimate of drug-likeness (QED) is 0.311. The summed E-state index contributed by atoms with van der Waals surface area (Å²) in [7, 11) is -4.82. The van der Waals surface area contributed by atoms with E-state index in [1.54, 1.807) is 29.2 Å². The van der Waals surface area contributed by atoms with E-state index in [1.165, 1.54) is 20.0 Å². The Morgan fingerprint density at radius 3 is 2.65 bits per heavy atom. The highest BCUT2D eigenvalue weighted by Crippen LogP contribution is 2.42. The van der Waals surface area contributed by atoms with Crippen molar-refractivity contribution in [2.75, 3.05) is 11.9 Å². The summed E-state index contributed by atoms with van der Waals surface area (Å²) in [4.78, 5) is 26.7. The second-order valence-corrected chi connectivity index (χ2v) is 9.75. The van der Waals surface area contributed by atoms with Crippen LogP contribution in [-0.4, -0.2) is 53.9 Å². The maximum Gasteiger partial charge on any atom is 0.470 e. The molecule has 0 spiro atoms. The molecule has 0 fully saturated rings. The second kappa shape index (κ2) is 10.1. The van der Waals surface area contributed by atoms with Gasteiger partial charge in [0.05, 0.1) is 11.8 Å². The molecule has 0 unspecified atom stereocenters. The molecule has 3 aromatic heterocycles. The molecule has 1 atom stereocenters. The third-order valence-electron chi connectivity index (χ3n) is 4.92. The molecule has 0 saturated carbocycles. The highest BCUT2D eigenvalue weighted by atomic mass is 31.2. The zero-order valence-corrected chi connectivity index (χ0v) is 20.1. The molecule has 0 amide bonds. The molecule has 11 nitrogen and oxygen atoms in total. The number of aromatic nitrogens is 4. The molecule has 0 aliphatic carbocycles. The molecule has 0 aromatic carbocycles. The van der Waals surface area contributed by atoms with Gasteiger partial charge in [0.1, 0.15) is 17.8 Å². The van der Waals surface area contributed by atoms with Crippen LogP contribution in [-0.2, 0) is 15.6 Å². The van der Waals surface area contributed by atoms with Gasteiger partial charge >= 0.3 is 7.82 Å². The predicted octanol–water partition coefficient (Wildman–Crippen LogP) is 2.82. The zero-order valence-electron chi connectivity index (χ0n) is 19.2. The number of hydrogen-bond acceptors (Lipinski definition) is 8. The second-order valence-electron chi connectivity index (χ2n) is 8.59. The Bertz CT molecular complexity index is 1250. The number of rotatable bonds is 10. The first-order chi connectivity index (χ1) is 15.9. The molecule has 0 saturated heterocycles. The first-order valence-corrected chi connectivity index (χ1v) is 12.0. The zero-order chi connectivity index (χ0) is 25.1. The normalized spacial score (nSPS) is 13.3. The van der Waals surface area contributed by atoms with E-state index in [0.717, 1.165) is 11.3 Å². The number of phosphoric acid groups is 1. The van der Waals surface area contributed by atoms with Crippen LogP contribution in [0.15, 0.2) is 30.7 Å². The fraction of sp³-hybridized carbons (Fsp3) is 0.429. The molecular formula is C21H27FN7O4P. The van der Waals surface area contributed by atoms with Gasteiger partial charge in [0, 0.05) is 54.2 Å². The molecule has 3 heterocycles. The van der Waals surface area contributed by atoms with Gasteiger partial charge in [0.2, 0.25) is 0 Å². The van der Waals surface area contributed by atoms with Crippen LogP contribution in [0.2, 0.25) is 0 Å². The van der Waals surface area contributed by atoms with Gasteiger partial charge in [-0.3, -0.25) is 4.52 Å². The van der Waals surface area contributed by atoms with E-state index in [1.807, 2.05) is 19.9 Å². The van der Waals surface area contributed by atoms with Crippen molar-refractivity contribution >= 4 is 24.5 Å². The maximum atomic E-state index is 14.6. The van der Waals surface area contributed by atoms with Gasteiger partial charge < -0.3 is 20.4 Å². The van der Waals surface area contributed by atoms with Crippen molar-refractivity contribution < 1.29 is 23.3 Å². The molecule has 13 heteroatoms. The van der Waals surface area contributed by atoms with Gasteiger partial charge in [0.25, 0.3) is 0 Å². The van der Waals surface area contributed by atoms with Gasteiger partial charge in [-0.15, -0.1) is 0 Å². The molecule has 0 aliphatic heterocycles. The first-order valence-electron chi connectivity index (χ1n) is 10.5. The van der Waals surface area contributed by atoms with E-state index in [0.29, 0.717) is 22.4 Å². The third kappa shape index (κ3) is 6.34. The van der Waals surface area contributed by atoms with Crippen LogP contribution in [0.4, 0.5) is 10.1 Å². The summed E-state index contributed by atoms with van der Waals surface area (Å²) in [6.45, 7) is 6.57. The van der Waals surface area contributed by atoms with E-state index in [4.69, 9.17) is 15.0 Å². The number of fused-ring (bicyclic) bond motifs is 1. The number of nitriles is 1. The topological polar surface area (TPSA) is 158 Å². The lowest BCUT2D eigenvalue weighted by atomic mass is 10.0. The Labute approximate surface area is 196 Å². The molecule has 4 N–H and O–H groups in total. The van der Waals surface area contributed by atoms with Gasteiger partial charge in [-0.1, -0.05) is 0 Å². The van der Waals surface area contributed by atoms with Crippen molar-refractivity contribution in [2.24, 2.45) is 0 Å². The number of pyridine rings is 2. The lowest BCUT2D eigenvalue weighted by Crippen LogP contribution is -2.41. The standard InChI is InChI=1S/C21H27FN7O4P/c1-13(2)28-17-6-19(29-20-15(11-27-29)5-14(7-23)8-26-20)25-10-16(17)9-24-12-18(22)21(3,4)33-34(30,31)32/h5-6,8,10-11,13,18,24H,9,12H2,1-4H3,(H,25,28)(H2,30,31,32)/t18-/m1/s1. The van der Waals surface area contributed by atoms with Crippen molar-refractivity contribution in [2.45, 2.75) is 52.1 Å². The minimum atomic E-state index is -4.82. The SMILES string of the molecule is CC(C)Nc1cc(-n2ncc3cc(C#N)cnc32)ncc1CNC[C@@H](F)C(C)(C)OP(=O)(O)O. The number of phosphoric ester groups is 1. The van der Waals surface area contributed by atoms with E-state index >= 15 is 0 Å². The maximum absolute atomic E-state index is 14.6. The summed E-state index contributed by atoms with van der Waals surface area (Å²) in [5.74, 6) is 0.513. The Hall–Kier alpha value is -2.94. The smallest absolute Gasteiger partial charge is 0.382 e. The summed E-state index contributed by atoms with van der Waals surface area (Å²) in [5, 5.41) is 20.4. The summed E-state index contributed by atoms with van der Waals surface area (Å²) >= 11 is 0. The predicted molar refractivity (Wildman–Crippen MR) is 124 cm³/mol. The fourth-order valence-corrected chi connectivity index (χ4v) is 4.00. The largest absolute Gasteiger partial charge is 0.470 e. The van der Waals surface area contributed by atoms with E-state index in [2.05, 4.69) is 30.2 Å². The minimum absolute atomic E-state index is 0.101. The Balaban J connectivity index is 1.79. The Morgan fingerprint density at radius 1 is 1.26 bits per heavy atom. The van der Waals surface area contributed by atoms with Gasteiger partial charge in [-0.2, -0.15) is 15.0 Å². The summed E-state index contributed by atoms with van der Waals surface area (Å²) in [6.07, 6.45) is 3.04. The van der Waals surface area contributed by atoms with Gasteiger partial charge in [-0.25, -0.2) is 18.9 Å². The van der Waals surface area contributed by atoms with Crippen LogP contribution < -0.4 is 10.6 Å². The van der Waals surface area contributed by atoms with Crippen LogP contribution in [0, 0.1) is 11.3 Å². The summed E-state index contributed by atoms with van der Waals surface area (Å²) in [5.41, 5.74) is 0.831. The average Bonchev–Trinajstić information content (AvgIpc) is 3.15. The molecule has 0 bridgehead atoms. The van der Waals surface area contributed by atoms with Crippen LogP contribution in [0.1, 0.15) is 38.8 Å². The van der Waals surface area contributed by atoms with Crippen LogP contribution in [0.25, 0.3) is 16.9 Å². The van der Waals surface area contributed by atoms with E-state index in [9.17, 15) is 8.96 Å². The number of hydrogen-bond donors (Lipinski definition) is 4. The Kier molecular flexibility index (Phi) is 7.65. The molecule has 3 aromatic rings. The number of anilines is 1. The first kappa shape index (κ1) is 25.7. The average molecular weight is 491 g/mol. The Morgan fingerprint density at radius 2 is 2.00 bits per heavy atom. The lowest BCUT2D eigenvalue weighted by Gasteiger charge is -2.29. The number of nitrogens with zero attached hydrogens (tertiary/aromatic N) is 5. The molecule has 0 radical (unpaired) electrons. The van der Waals surface area contributed by atoms with Gasteiger partial charge in [-0.05, 0) is 33.8 Å². The number of alkyl halides is 1.